The minimum atomic E-state index is -0.565. The van der Waals surface area contributed by atoms with E-state index in [4.69, 9.17) is 9.47 Å². The van der Waals surface area contributed by atoms with Gasteiger partial charge in [0.1, 0.15) is 11.4 Å². The van der Waals surface area contributed by atoms with Crippen molar-refractivity contribution in [1.29, 1.82) is 0 Å². The Bertz CT molecular complexity index is 719. The van der Waals surface area contributed by atoms with Gasteiger partial charge in [0.05, 0.1) is 7.11 Å². The number of aryl methyl sites for hydroxylation is 1. The number of benzene rings is 1. The highest BCUT2D eigenvalue weighted by atomic mass is 16.6. The van der Waals surface area contributed by atoms with Crippen LogP contribution in [0, 0.1) is 0 Å². The van der Waals surface area contributed by atoms with Crippen LogP contribution < -0.4 is 10.1 Å². The van der Waals surface area contributed by atoms with Crippen molar-refractivity contribution in [2.75, 3.05) is 39.8 Å². The van der Waals surface area contributed by atoms with Gasteiger partial charge in [0, 0.05) is 45.6 Å². The second kappa shape index (κ2) is 10.8. The van der Waals surface area contributed by atoms with Crippen LogP contribution in [0.4, 0.5) is 4.79 Å². The summed E-state index contributed by atoms with van der Waals surface area (Å²) in [4.78, 5) is 40.0. The second-order valence-electron chi connectivity index (χ2n) is 8.29. The van der Waals surface area contributed by atoms with Gasteiger partial charge in [0.2, 0.25) is 11.8 Å². The first-order chi connectivity index (χ1) is 14.2. The third kappa shape index (κ3) is 7.93. The van der Waals surface area contributed by atoms with Gasteiger partial charge >= 0.3 is 6.09 Å². The van der Waals surface area contributed by atoms with E-state index in [0.29, 0.717) is 39.0 Å². The normalized spacial score (nSPS) is 14.3. The number of piperazine rings is 1. The van der Waals surface area contributed by atoms with Crippen molar-refractivity contribution in [3.05, 3.63) is 29.8 Å². The molecule has 30 heavy (non-hydrogen) atoms. The highest BCUT2D eigenvalue weighted by Crippen LogP contribution is 2.14. The predicted octanol–water partition coefficient (Wildman–Crippen LogP) is 2.21. The number of carbonyl (C=O) groups excluding carboxylic acids is 3. The lowest BCUT2D eigenvalue weighted by atomic mass is 10.1. The molecule has 0 atom stereocenters. The molecule has 0 aliphatic carbocycles. The molecule has 0 spiro atoms. The molecule has 0 radical (unpaired) electrons. The number of nitrogens with one attached hydrogen (secondary N) is 1. The highest BCUT2D eigenvalue weighted by Gasteiger charge is 2.24. The molecule has 1 heterocycles. The van der Waals surface area contributed by atoms with Crippen LogP contribution in [0.25, 0.3) is 0 Å². The van der Waals surface area contributed by atoms with Crippen LogP contribution in [0.1, 0.15) is 39.2 Å². The van der Waals surface area contributed by atoms with E-state index in [9.17, 15) is 14.4 Å². The Morgan fingerprint density at radius 1 is 0.933 bits per heavy atom. The lowest BCUT2D eigenvalue weighted by molar-refractivity contribution is -0.139. The third-order valence-electron chi connectivity index (χ3n) is 4.78. The number of nitrogens with zero attached hydrogens (tertiary/aromatic N) is 2. The van der Waals surface area contributed by atoms with E-state index in [1.165, 1.54) is 0 Å². The zero-order valence-electron chi connectivity index (χ0n) is 18.4. The van der Waals surface area contributed by atoms with Gasteiger partial charge in [-0.05, 0) is 44.9 Å². The Morgan fingerprint density at radius 2 is 1.47 bits per heavy atom. The molecule has 0 aromatic heterocycles. The molecule has 1 aromatic carbocycles. The first kappa shape index (κ1) is 23.5. The maximum atomic E-state index is 12.5. The predicted molar refractivity (Wildman–Crippen MR) is 113 cm³/mol. The Labute approximate surface area is 178 Å². The van der Waals surface area contributed by atoms with Crippen molar-refractivity contribution in [3.63, 3.8) is 0 Å². The van der Waals surface area contributed by atoms with Crippen molar-refractivity contribution in [3.8, 4) is 5.75 Å². The zero-order valence-corrected chi connectivity index (χ0v) is 18.4. The maximum absolute atomic E-state index is 12.5. The number of methoxy groups -OCH3 is 1. The molecule has 1 fully saturated rings. The first-order valence-corrected chi connectivity index (χ1v) is 10.3. The minimum Gasteiger partial charge on any atom is -0.497 e. The average Bonchev–Trinajstić information content (AvgIpc) is 2.71. The van der Waals surface area contributed by atoms with Crippen LogP contribution in [-0.2, 0) is 20.7 Å². The summed E-state index contributed by atoms with van der Waals surface area (Å²) in [5.74, 6) is 0.869. The lowest BCUT2D eigenvalue weighted by Gasteiger charge is -2.35. The van der Waals surface area contributed by atoms with Gasteiger partial charge in [-0.25, -0.2) is 4.79 Å². The molecule has 1 aliphatic heterocycles. The molecule has 166 valence electrons. The van der Waals surface area contributed by atoms with Crippen LogP contribution >= 0.6 is 0 Å². The van der Waals surface area contributed by atoms with E-state index in [-0.39, 0.29) is 24.8 Å². The van der Waals surface area contributed by atoms with Crippen molar-refractivity contribution < 1.29 is 23.9 Å². The minimum absolute atomic E-state index is 0.0311. The van der Waals surface area contributed by atoms with Crippen molar-refractivity contribution >= 4 is 17.9 Å². The zero-order chi connectivity index (χ0) is 22.1. The fraction of sp³-hybridized carbons (Fsp3) is 0.591. The fourth-order valence-corrected chi connectivity index (χ4v) is 3.15. The Kier molecular flexibility index (Phi) is 8.50. The molecule has 8 nitrogen and oxygen atoms in total. The molecular weight excluding hydrogens is 386 g/mol. The standard InChI is InChI=1S/C22H33N3O5/c1-22(2,3)30-21(28)23-12-11-20(27)25-15-13-24(14-16-25)19(26)10-7-17-5-8-18(29-4)9-6-17/h5-6,8-9H,7,10-16H2,1-4H3,(H,23,28). The van der Waals surface area contributed by atoms with Crippen molar-refractivity contribution in [1.82, 2.24) is 15.1 Å². The summed E-state index contributed by atoms with van der Waals surface area (Å²) in [6.07, 6.45) is 0.811. The van der Waals surface area contributed by atoms with Crippen molar-refractivity contribution in [2.45, 2.75) is 45.6 Å². The number of ether oxygens (including phenoxy) is 2. The molecule has 2 rings (SSSR count). The van der Waals surface area contributed by atoms with E-state index in [0.717, 1.165) is 11.3 Å². The van der Waals surface area contributed by atoms with Gasteiger partial charge in [0.15, 0.2) is 0 Å². The largest absolute Gasteiger partial charge is 0.497 e. The summed E-state index contributed by atoms with van der Waals surface area (Å²) in [7, 11) is 1.63. The number of alkyl carbamates (subject to hydrolysis) is 1. The number of hydrogen-bond acceptors (Lipinski definition) is 5. The molecular formula is C22H33N3O5. The second-order valence-corrected chi connectivity index (χ2v) is 8.29. The molecule has 8 heteroatoms. The van der Waals surface area contributed by atoms with Gasteiger partial charge in [-0.15, -0.1) is 0 Å². The smallest absolute Gasteiger partial charge is 0.407 e. The summed E-state index contributed by atoms with van der Waals surface area (Å²) in [5.41, 5.74) is 0.528. The number of carbonyl (C=O) groups is 3. The number of amides is 3. The van der Waals surface area contributed by atoms with Gasteiger partial charge in [-0.2, -0.15) is 0 Å². The molecule has 0 unspecified atom stereocenters. The van der Waals surface area contributed by atoms with Crippen molar-refractivity contribution in [2.24, 2.45) is 0 Å². The summed E-state index contributed by atoms with van der Waals surface area (Å²) in [6, 6.07) is 7.71. The van der Waals surface area contributed by atoms with E-state index in [1.54, 1.807) is 32.8 Å². The molecule has 0 saturated carbocycles. The highest BCUT2D eigenvalue weighted by molar-refractivity contribution is 5.79. The van der Waals surface area contributed by atoms with Gasteiger partial charge in [-0.3, -0.25) is 9.59 Å². The lowest BCUT2D eigenvalue weighted by Crippen LogP contribution is -2.51. The van der Waals surface area contributed by atoms with Crippen LogP contribution in [-0.4, -0.2) is 73.1 Å². The van der Waals surface area contributed by atoms with E-state index >= 15 is 0 Å². The van der Waals surface area contributed by atoms with Crippen LogP contribution in [0.5, 0.6) is 5.75 Å². The first-order valence-electron chi connectivity index (χ1n) is 10.3. The summed E-state index contributed by atoms with van der Waals surface area (Å²) in [6.45, 7) is 7.69. The van der Waals surface area contributed by atoms with Gasteiger partial charge in [-0.1, -0.05) is 12.1 Å². The van der Waals surface area contributed by atoms with Gasteiger partial charge < -0.3 is 24.6 Å². The van der Waals surface area contributed by atoms with E-state index < -0.39 is 11.7 Å². The molecule has 1 aromatic rings. The topological polar surface area (TPSA) is 88.2 Å². The van der Waals surface area contributed by atoms with Crippen LogP contribution in [0.15, 0.2) is 24.3 Å². The summed E-state index contributed by atoms with van der Waals surface area (Å²) >= 11 is 0. The number of rotatable bonds is 7. The third-order valence-corrected chi connectivity index (χ3v) is 4.78. The van der Waals surface area contributed by atoms with Crippen LogP contribution in [0.2, 0.25) is 0 Å². The maximum Gasteiger partial charge on any atom is 0.407 e. The summed E-state index contributed by atoms with van der Waals surface area (Å²) in [5, 5.41) is 2.59. The monoisotopic (exact) mass is 419 g/mol. The molecule has 1 saturated heterocycles. The molecule has 0 bridgehead atoms. The van der Waals surface area contributed by atoms with Crippen LogP contribution in [0.3, 0.4) is 0 Å². The van der Waals surface area contributed by atoms with E-state index in [1.807, 2.05) is 29.2 Å². The van der Waals surface area contributed by atoms with Gasteiger partial charge in [0.25, 0.3) is 0 Å². The number of hydrogen-bond donors (Lipinski definition) is 1. The van der Waals surface area contributed by atoms with E-state index in [2.05, 4.69) is 5.32 Å². The molecule has 1 N–H and O–H groups in total. The Hall–Kier alpha value is -2.77. The fourth-order valence-electron chi connectivity index (χ4n) is 3.15. The quantitative estimate of drug-likeness (QED) is 0.732. The Balaban J connectivity index is 1.66. The molecule has 1 aliphatic rings. The Morgan fingerprint density at radius 3 is 1.97 bits per heavy atom. The molecule has 3 amide bonds. The SMILES string of the molecule is COc1ccc(CCC(=O)N2CCN(C(=O)CCNC(=O)OC(C)(C)C)CC2)cc1. The summed E-state index contributed by atoms with van der Waals surface area (Å²) < 4.78 is 10.3. The average molecular weight is 420 g/mol.